The molecule has 0 aliphatic carbocycles. The third kappa shape index (κ3) is 12.9. The van der Waals surface area contributed by atoms with Crippen molar-refractivity contribution in [1.82, 2.24) is 0 Å². The molecule has 0 aliphatic heterocycles. The Hall–Kier alpha value is -1.35. The molecular weight excluding hydrogens is 346 g/mol. The number of anilines is 1. The fraction of sp³-hybridized carbons (Fsp3) is 0.720. The summed E-state index contributed by atoms with van der Waals surface area (Å²) in [5.41, 5.74) is 0.545. The molecule has 0 radical (unpaired) electrons. The average Bonchev–Trinajstić information content (AvgIpc) is 2.73. The van der Waals surface area contributed by atoms with Gasteiger partial charge >= 0.3 is 0 Å². The maximum atomic E-state index is 12.0. The van der Waals surface area contributed by atoms with Crippen molar-refractivity contribution in [2.45, 2.75) is 116 Å². The summed E-state index contributed by atoms with van der Waals surface area (Å²) in [4.78, 5) is 12.0. The summed E-state index contributed by atoms with van der Waals surface area (Å²) in [7, 11) is 0. The first-order valence-corrected chi connectivity index (χ1v) is 11.8. The van der Waals surface area contributed by atoms with Crippen molar-refractivity contribution in [3.05, 3.63) is 30.3 Å². The monoisotopic (exact) mass is 389 g/mol. The molecule has 160 valence electrons. The zero-order chi connectivity index (χ0) is 20.3. The summed E-state index contributed by atoms with van der Waals surface area (Å²) >= 11 is 0. The van der Waals surface area contributed by atoms with Crippen molar-refractivity contribution >= 4 is 11.6 Å². The van der Waals surface area contributed by atoms with Crippen LogP contribution in [0.15, 0.2) is 30.3 Å². The quantitative estimate of drug-likeness (QED) is 0.157. The Morgan fingerprint density at radius 1 is 0.679 bits per heavy atom. The number of unbranched alkanes of at least 4 members (excludes halogenated alkanes) is 15. The first kappa shape index (κ1) is 24.7. The molecule has 3 heteroatoms. The zero-order valence-electron chi connectivity index (χ0n) is 18.2. The molecule has 0 saturated heterocycles. The van der Waals surface area contributed by atoms with Crippen LogP contribution < -0.4 is 5.06 Å². The molecule has 0 heterocycles. The zero-order valence-corrected chi connectivity index (χ0v) is 18.2. The summed E-state index contributed by atoms with van der Waals surface area (Å²) < 4.78 is 0. The minimum atomic E-state index is -0.212. The molecular formula is C25H43NO2. The largest absolute Gasteiger partial charge is 0.281 e. The van der Waals surface area contributed by atoms with Gasteiger partial charge in [0.05, 0.1) is 5.69 Å². The number of carbonyl (C=O) groups is 1. The number of rotatable bonds is 18. The van der Waals surface area contributed by atoms with Gasteiger partial charge in [0.2, 0.25) is 0 Å². The molecule has 0 atom stereocenters. The molecule has 1 aromatic rings. The highest BCUT2D eigenvalue weighted by molar-refractivity contribution is 5.90. The van der Waals surface area contributed by atoms with Crippen LogP contribution in [0.1, 0.15) is 116 Å². The van der Waals surface area contributed by atoms with E-state index < -0.39 is 0 Å². The molecule has 0 unspecified atom stereocenters. The lowest BCUT2D eigenvalue weighted by molar-refractivity contribution is -0.123. The maximum Gasteiger partial charge on any atom is 0.250 e. The molecule has 1 N–H and O–H groups in total. The van der Waals surface area contributed by atoms with Crippen molar-refractivity contribution in [3.8, 4) is 0 Å². The normalized spacial score (nSPS) is 10.9. The van der Waals surface area contributed by atoms with Crippen molar-refractivity contribution in [2.24, 2.45) is 0 Å². The van der Waals surface area contributed by atoms with Gasteiger partial charge in [-0.2, -0.15) is 5.06 Å². The second-order valence-corrected chi connectivity index (χ2v) is 8.09. The molecule has 3 nitrogen and oxygen atoms in total. The third-order valence-electron chi connectivity index (χ3n) is 5.48. The van der Waals surface area contributed by atoms with Crippen LogP contribution in [0, 0.1) is 0 Å². The number of carbonyl (C=O) groups excluding carboxylic acids is 1. The molecule has 0 bridgehead atoms. The second-order valence-electron chi connectivity index (χ2n) is 8.09. The van der Waals surface area contributed by atoms with Gasteiger partial charge in [0.25, 0.3) is 5.91 Å². The van der Waals surface area contributed by atoms with Gasteiger partial charge in [0, 0.05) is 6.42 Å². The molecule has 1 rings (SSSR count). The first-order valence-electron chi connectivity index (χ1n) is 11.8. The van der Waals surface area contributed by atoms with E-state index in [1.807, 2.05) is 18.2 Å². The predicted octanol–water partition coefficient (Wildman–Crippen LogP) is 8.06. The minimum absolute atomic E-state index is 0.212. The number of para-hydroxylation sites is 1. The van der Waals surface area contributed by atoms with Gasteiger partial charge in [0.1, 0.15) is 0 Å². The van der Waals surface area contributed by atoms with Gasteiger partial charge in [-0.05, 0) is 18.6 Å². The van der Waals surface area contributed by atoms with Gasteiger partial charge in [-0.1, -0.05) is 121 Å². The lowest BCUT2D eigenvalue weighted by atomic mass is 10.0. The number of hydrogen-bond acceptors (Lipinski definition) is 2. The lowest BCUT2D eigenvalue weighted by Gasteiger charge is -2.14. The van der Waals surface area contributed by atoms with Crippen LogP contribution in [0.3, 0.4) is 0 Å². The molecule has 0 spiro atoms. The highest BCUT2D eigenvalue weighted by Crippen LogP contribution is 2.16. The Bertz CT molecular complexity index is 475. The minimum Gasteiger partial charge on any atom is -0.281 e. The standard InChI is InChI=1S/C25H43NO2/c1-2-3-4-5-6-7-8-9-10-11-12-13-14-15-16-20-23-25(27)26(28)24-21-18-17-19-22-24/h17-19,21-22,28H,2-16,20,23H2,1H3. The van der Waals surface area contributed by atoms with Gasteiger partial charge in [-0.3, -0.25) is 10.0 Å². The van der Waals surface area contributed by atoms with Gasteiger partial charge in [-0.25, -0.2) is 0 Å². The van der Waals surface area contributed by atoms with Crippen LogP contribution in [-0.4, -0.2) is 11.1 Å². The smallest absolute Gasteiger partial charge is 0.250 e. The van der Waals surface area contributed by atoms with Crippen molar-refractivity contribution in [3.63, 3.8) is 0 Å². The van der Waals surface area contributed by atoms with Crippen LogP contribution in [0.4, 0.5) is 5.69 Å². The molecule has 28 heavy (non-hydrogen) atoms. The van der Waals surface area contributed by atoms with E-state index in [2.05, 4.69) is 6.92 Å². The number of hydrogen-bond donors (Lipinski definition) is 1. The Labute approximate surface area is 173 Å². The van der Waals surface area contributed by atoms with Crippen LogP contribution in [0.25, 0.3) is 0 Å². The number of nitrogens with zero attached hydrogens (tertiary/aromatic N) is 1. The first-order chi connectivity index (χ1) is 13.8. The highest BCUT2D eigenvalue weighted by Gasteiger charge is 2.11. The number of hydroxylamine groups is 1. The second kappa shape index (κ2) is 17.7. The molecule has 0 aromatic heterocycles. The number of benzene rings is 1. The van der Waals surface area contributed by atoms with Crippen molar-refractivity contribution < 1.29 is 10.0 Å². The van der Waals surface area contributed by atoms with Gasteiger partial charge in [0.15, 0.2) is 0 Å². The molecule has 0 saturated carbocycles. The Morgan fingerprint density at radius 2 is 1.07 bits per heavy atom. The Morgan fingerprint density at radius 3 is 1.50 bits per heavy atom. The average molecular weight is 390 g/mol. The van der Waals surface area contributed by atoms with Crippen molar-refractivity contribution in [1.29, 1.82) is 0 Å². The fourth-order valence-electron chi connectivity index (χ4n) is 3.64. The summed E-state index contributed by atoms with van der Waals surface area (Å²) in [5, 5.41) is 10.7. The summed E-state index contributed by atoms with van der Waals surface area (Å²) in [6.07, 6.45) is 21.6. The maximum absolute atomic E-state index is 12.0. The molecule has 0 fully saturated rings. The molecule has 0 aliphatic rings. The third-order valence-corrected chi connectivity index (χ3v) is 5.48. The summed E-state index contributed by atoms with van der Waals surface area (Å²) in [6, 6.07) is 9.00. The van der Waals surface area contributed by atoms with Gasteiger partial charge < -0.3 is 0 Å². The van der Waals surface area contributed by atoms with E-state index in [9.17, 15) is 10.0 Å². The topological polar surface area (TPSA) is 40.5 Å². The van der Waals surface area contributed by atoms with E-state index in [-0.39, 0.29) is 5.91 Å². The Kier molecular flexibility index (Phi) is 15.6. The van der Waals surface area contributed by atoms with Crippen LogP contribution in [0.2, 0.25) is 0 Å². The van der Waals surface area contributed by atoms with Crippen LogP contribution in [0.5, 0.6) is 0 Å². The van der Waals surface area contributed by atoms with E-state index in [1.165, 1.54) is 89.9 Å². The van der Waals surface area contributed by atoms with Crippen LogP contribution >= 0.6 is 0 Å². The van der Waals surface area contributed by atoms with E-state index in [0.29, 0.717) is 12.1 Å². The molecule has 1 amide bonds. The number of amides is 1. The SMILES string of the molecule is CCCCCCCCCCCCCCCCCCC(=O)N(O)c1ccccc1. The highest BCUT2D eigenvalue weighted by atomic mass is 16.5. The van der Waals surface area contributed by atoms with E-state index >= 15 is 0 Å². The Balaban J connectivity index is 1.82. The van der Waals surface area contributed by atoms with Crippen molar-refractivity contribution in [2.75, 3.05) is 5.06 Å². The van der Waals surface area contributed by atoms with Gasteiger partial charge in [-0.15, -0.1) is 0 Å². The van der Waals surface area contributed by atoms with Crippen LogP contribution in [-0.2, 0) is 4.79 Å². The van der Waals surface area contributed by atoms with E-state index in [4.69, 9.17) is 0 Å². The molecule has 1 aromatic carbocycles. The fourth-order valence-corrected chi connectivity index (χ4v) is 3.64. The predicted molar refractivity (Wildman–Crippen MR) is 120 cm³/mol. The van der Waals surface area contributed by atoms with E-state index in [1.54, 1.807) is 12.1 Å². The summed E-state index contributed by atoms with van der Waals surface area (Å²) in [6.45, 7) is 2.28. The van der Waals surface area contributed by atoms with E-state index in [0.717, 1.165) is 17.9 Å². The lowest BCUT2D eigenvalue weighted by Crippen LogP contribution is -2.26. The summed E-state index contributed by atoms with van der Waals surface area (Å²) in [5.74, 6) is -0.212.